The lowest BCUT2D eigenvalue weighted by atomic mass is 10.7. The number of thioether (sulfide) groups is 1. The van der Waals surface area contributed by atoms with Gasteiger partial charge in [-0.2, -0.15) is 5.10 Å². The zero-order valence-electron chi connectivity index (χ0n) is 6.35. The van der Waals surface area contributed by atoms with Gasteiger partial charge in [0.05, 0.1) is 7.11 Å². The molecule has 1 aromatic heterocycles. The molecule has 0 radical (unpaired) electrons. The van der Waals surface area contributed by atoms with E-state index in [4.69, 9.17) is 0 Å². The van der Waals surface area contributed by atoms with Gasteiger partial charge in [0, 0.05) is 6.08 Å². The van der Waals surface area contributed by atoms with Crippen LogP contribution in [-0.2, 0) is 9.53 Å². The van der Waals surface area contributed by atoms with Gasteiger partial charge in [-0.3, -0.25) is 5.10 Å². The van der Waals surface area contributed by atoms with Crippen LogP contribution in [0.25, 0.3) is 0 Å². The number of carbonyl (C=O) groups is 1. The highest BCUT2D eigenvalue weighted by atomic mass is 32.2. The summed E-state index contributed by atoms with van der Waals surface area (Å²) in [6.45, 7) is 0. The van der Waals surface area contributed by atoms with Crippen molar-refractivity contribution in [1.29, 1.82) is 0 Å². The molecular weight excluding hydrogens is 178 g/mol. The molecule has 5 nitrogen and oxygen atoms in total. The average Bonchev–Trinajstić information content (AvgIpc) is 2.57. The minimum Gasteiger partial charge on any atom is -0.466 e. The summed E-state index contributed by atoms with van der Waals surface area (Å²) in [7, 11) is 1.33. The summed E-state index contributed by atoms with van der Waals surface area (Å²) in [5.74, 6) is -0.387. The summed E-state index contributed by atoms with van der Waals surface area (Å²) >= 11 is 1.26. The van der Waals surface area contributed by atoms with Crippen LogP contribution in [0.1, 0.15) is 0 Å². The van der Waals surface area contributed by atoms with Gasteiger partial charge in [0.2, 0.25) is 0 Å². The fourth-order valence-corrected chi connectivity index (χ4v) is 0.995. The molecule has 1 heterocycles. The topological polar surface area (TPSA) is 67.9 Å². The van der Waals surface area contributed by atoms with E-state index < -0.39 is 0 Å². The Bertz CT molecular complexity index is 270. The number of H-pyrrole nitrogens is 1. The van der Waals surface area contributed by atoms with Crippen LogP contribution >= 0.6 is 11.8 Å². The first-order valence-corrected chi connectivity index (χ1v) is 3.97. The number of methoxy groups -OCH3 is 1. The predicted octanol–water partition coefficient (Wildman–Crippen LogP) is 0.583. The molecule has 1 N–H and O–H groups in total. The Kier molecular flexibility index (Phi) is 3.34. The Balaban J connectivity index is 2.35. The number of aromatic amines is 1. The molecule has 0 bridgehead atoms. The van der Waals surface area contributed by atoms with E-state index in [1.165, 1.54) is 31.3 Å². The summed E-state index contributed by atoms with van der Waals surface area (Å²) in [6.07, 6.45) is 2.71. The van der Waals surface area contributed by atoms with Crippen molar-refractivity contribution < 1.29 is 9.53 Å². The predicted molar refractivity (Wildman–Crippen MR) is 43.4 cm³/mol. The monoisotopic (exact) mass is 185 g/mol. The number of nitrogens with zero attached hydrogens (tertiary/aromatic N) is 2. The summed E-state index contributed by atoms with van der Waals surface area (Å²) in [6, 6.07) is 0. The highest BCUT2D eigenvalue weighted by Gasteiger charge is 1.93. The zero-order chi connectivity index (χ0) is 8.81. The summed E-state index contributed by atoms with van der Waals surface area (Å²) in [5.41, 5.74) is 0. The maximum atomic E-state index is 10.6. The van der Waals surface area contributed by atoms with Crippen molar-refractivity contribution in [2.45, 2.75) is 5.16 Å². The van der Waals surface area contributed by atoms with E-state index in [9.17, 15) is 4.79 Å². The number of esters is 1. The molecule has 0 amide bonds. The molecule has 0 aliphatic heterocycles. The third-order valence-corrected chi connectivity index (χ3v) is 1.67. The fraction of sp³-hybridized carbons (Fsp3) is 0.167. The van der Waals surface area contributed by atoms with Crippen LogP contribution in [0.15, 0.2) is 23.0 Å². The smallest absolute Gasteiger partial charge is 0.330 e. The number of aromatic nitrogens is 3. The van der Waals surface area contributed by atoms with Crippen molar-refractivity contribution in [2.24, 2.45) is 0 Å². The average molecular weight is 185 g/mol. The molecule has 6 heteroatoms. The van der Waals surface area contributed by atoms with Crippen molar-refractivity contribution >= 4 is 17.7 Å². The lowest BCUT2D eigenvalue weighted by Crippen LogP contribution is -1.92. The maximum Gasteiger partial charge on any atom is 0.330 e. The van der Waals surface area contributed by atoms with Gasteiger partial charge in [-0.1, -0.05) is 11.8 Å². The Hall–Kier alpha value is -1.30. The van der Waals surface area contributed by atoms with Gasteiger partial charge in [0.1, 0.15) is 6.33 Å². The largest absolute Gasteiger partial charge is 0.466 e. The summed E-state index contributed by atoms with van der Waals surface area (Å²) in [5, 5.41) is 8.47. The van der Waals surface area contributed by atoms with Crippen molar-refractivity contribution in [1.82, 2.24) is 15.2 Å². The van der Waals surface area contributed by atoms with Gasteiger partial charge >= 0.3 is 5.97 Å². The molecule has 0 atom stereocenters. The Labute approximate surface area is 73.2 Å². The number of nitrogens with one attached hydrogen (secondary N) is 1. The highest BCUT2D eigenvalue weighted by molar-refractivity contribution is 8.02. The van der Waals surface area contributed by atoms with Crippen LogP contribution in [0.2, 0.25) is 0 Å². The van der Waals surface area contributed by atoms with Gasteiger partial charge in [0.15, 0.2) is 5.16 Å². The third-order valence-electron chi connectivity index (χ3n) is 0.978. The normalized spacial score (nSPS) is 10.4. The number of ether oxygens (including phenoxy) is 1. The van der Waals surface area contributed by atoms with Crippen LogP contribution in [0.4, 0.5) is 0 Å². The molecule has 0 aromatic carbocycles. The SMILES string of the molecule is COC(=O)C=CSc1ncn[nH]1. The van der Waals surface area contributed by atoms with E-state index in [1.54, 1.807) is 5.41 Å². The lowest BCUT2D eigenvalue weighted by molar-refractivity contribution is -0.134. The number of carbonyl (C=O) groups excluding carboxylic acids is 1. The minimum atomic E-state index is -0.387. The van der Waals surface area contributed by atoms with Crippen molar-refractivity contribution in [2.75, 3.05) is 7.11 Å². The Morgan fingerprint density at radius 1 is 1.83 bits per heavy atom. The maximum absolute atomic E-state index is 10.6. The molecule has 12 heavy (non-hydrogen) atoms. The molecule has 1 rings (SSSR count). The molecule has 0 fully saturated rings. The lowest BCUT2D eigenvalue weighted by Gasteiger charge is -1.88. The molecule has 0 aliphatic rings. The number of rotatable bonds is 3. The molecule has 0 spiro atoms. The zero-order valence-corrected chi connectivity index (χ0v) is 7.17. The van der Waals surface area contributed by atoms with Crippen LogP contribution in [0.5, 0.6) is 0 Å². The van der Waals surface area contributed by atoms with Crippen molar-refractivity contribution in [3.8, 4) is 0 Å². The van der Waals surface area contributed by atoms with Crippen LogP contribution < -0.4 is 0 Å². The van der Waals surface area contributed by atoms with Crippen molar-refractivity contribution in [3.05, 3.63) is 17.8 Å². The fourth-order valence-electron chi connectivity index (χ4n) is 0.473. The van der Waals surface area contributed by atoms with E-state index >= 15 is 0 Å². The summed E-state index contributed by atoms with van der Waals surface area (Å²) in [4.78, 5) is 14.4. The van der Waals surface area contributed by atoms with E-state index in [-0.39, 0.29) is 5.97 Å². The van der Waals surface area contributed by atoms with Gasteiger partial charge < -0.3 is 4.74 Å². The van der Waals surface area contributed by atoms with Crippen molar-refractivity contribution in [3.63, 3.8) is 0 Å². The third kappa shape index (κ3) is 2.75. The standard InChI is InChI=1S/C6H7N3O2S/c1-11-5(10)2-3-12-6-7-4-8-9-6/h2-4H,1H3,(H,7,8,9). The second kappa shape index (κ2) is 4.55. The first-order chi connectivity index (χ1) is 5.83. The Morgan fingerprint density at radius 2 is 2.67 bits per heavy atom. The van der Waals surface area contributed by atoms with E-state index in [1.807, 2.05) is 0 Å². The van der Waals surface area contributed by atoms with E-state index in [0.29, 0.717) is 5.16 Å². The first kappa shape index (κ1) is 8.79. The molecule has 0 aliphatic carbocycles. The second-order valence-electron chi connectivity index (χ2n) is 1.73. The van der Waals surface area contributed by atoms with E-state index in [2.05, 4.69) is 19.9 Å². The quantitative estimate of drug-likeness (QED) is 0.424. The molecular formula is C6H7N3O2S. The van der Waals surface area contributed by atoms with Gasteiger partial charge in [-0.15, -0.1) is 0 Å². The minimum absolute atomic E-state index is 0.387. The number of hydrogen-bond acceptors (Lipinski definition) is 5. The van der Waals surface area contributed by atoms with E-state index in [0.717, 1.165) is 0 Å². The first-order valence-electron chi connectivity index (χ1n) is 3.09. The van der Waals surface area contributed by atoms with Crippen LogP contribution in [0.3, 0.4) is 0 Å². The molecule has 1 aromatic rings. The number of hydrogen-bond donors (Lipinski definition) is 1. The molecule has 64 valence electrons. The summed E-state index contributed by atoms with van der Waals surface area (Å²) < 4.78 is 4.38. The van der Waals surface area contributed by atoms with Crippen LogP contribution in [0, 0.1) is 0 Å². The van der Waals surface area contributed by atoms with Crippen LogP contribution in [-0.4, -0.2) is 28.3 Å². The van der Waals surface area contributed by atoms with Gasteiger partial charge in [-0.25, -0.2) is 9.78 Å². The molecule has 0 saturated carbocycles. The van der Waals surface area contributed by atoms with Gasteiger partial charge in [0.25, 0.3) is 0 Å². The van der Waals surface area contributed by atoms with Gasteiger partial charge in [-0.05, 0) is 5.41 Å². The second-order valence-corrected chi connectivity index (χ2v) is 2.63. The highest BCUT2D eigenvalue weighted by Crippen LogP contribution is 2.11. The molecule has 0 saturated heterocycles. The molecule has 0 unspecified atom stereocenters. The Morgan fingerprint density at radius 3 is 3.25 bits per heavy atom.